The number of hydrogen-bond acceptors (Lipinski definition) is 2. The molecule has 0 saturated heterocycles. The third kappa shape index (κ3) is 4.17. The zero-order chi connectivity index (χ0) is 10.2. The van der Waals surface area contributed by atoms with Gasteiger partial charge in [0.2, 0.25) is 0 Å². The summed E-state index contributed by atoms with van der Waals surface area (Å²) in [5, 5.41) is 9.70. The van der Waals surface area contributed by atoms with Gasteiger partial charge in [0.25, 0.3) is 0 Å². The molecule has 0 aliphatic carbocycles. The summed E-state index contributed by atoms with van der Waals surface area (Å²) in [4.78, 5) is 1.25. The van der Waals surface area contributed by atoms with Crippen LogP contribution in [0.5, 0.6) is 0 Å². The number of nitriles is 1. The van der Waals surface area contributed by atoms with Crippen LogP contribution in [0.1, 0.15) is 18.4 Å². The fourth-order valence-corrected chi connectivity index (χ4v) is 2.32. The Labute approximate surface area is 97.6 Å². The molecule has 1 nitrogen and oxygen atoms in total. The molecule has 0 amide bonds. The molecular weight excluding hydrogens is 258 g/mol. The van der Waals surface area contributed by atoms with Crippen LogP contribution in [0.15, 0.2) is 29.2 Å². The van der Waals surface area contributed by atoms with E-state index in [1.807, 2.05) is 36.0 Å². The second-order valence-corrected chi connectivity index (χ2v) is 4.84. The average molecular weight is 270 g/mol. The van der Waals surface area contributed by atoms with Crippen molar-refractivity contribution in [1.29, 1.82) is 5.26 Å². The first-order valence-corrected chi connectivity index (χ1v) is 6.66. The lowest BCUT2D eigenvalue weighted by atomic mass is 10.2. The number of alkyl halides is 1. The first-order chi connectivity index (χ1) is 6.86. The quantitative estimate of drug-likeness (QED) is 0.461. The Bertz CT molecular complexity index is 302. The summed E-state index contributed by atoms with van der Waals surface area (Å²) in [5.41, 5.74) is 0.731. The molecule has 0 spiro atoms. The van der Waals surface area contributed by atoms with Crippen LogP contribution in [0.25, 0.3) is 0 Å². The Hall–Kier alpha value is -0.460. The number of rotatable bonds is 5. The van der Waals surface area contributed by atoms with Crippen molar-refractivity contribution in [3.05, 3.63) is 29.8 Å². The first kappa shape index (κ1) is 11.6. The second-order valence-electron chi connectivity index (χ2n) is 2.88. The summed E-state index contributed by atoms with van der Waals surface area (Å²) >= 11 is 5.26. The molecule has 0 unspecified atom stereocenters. The number of nitrogens with zero attached hydrogens (tertiary/aromatic N) is 1. The van der Waals surface area contributed by atoms with Gasteiger partial charge in [-0.15, -0.1) is 11.8 Å². The number of halogens is 1. The maximum absolute atomic E-state index is 8.61. The van der Waals surface area contributed by atoms with Gasteiger partial charge in [-0.25, -0.2) is 0 Å². The molecule has 1 aromatic rings. The van der Waals surface area contributed by atoms with E-state index in [1.165, 1.54) is 17.7 Å². The van der Waals surface area contributed by atoms with Crippen LogP contribution in [0, 0.1) is 11.3 Å². The van der Waals surface area contributed by atoms with Crippen LogP contribution in [-0.4, -0.2) is 11.1 Å². The van der Waals surface area contributed by atoms with E-state index in [-0.39, 0.29) is 0 Å². The molecule has 0 aromatic heterocycles. The van der Waals surface area contributed by atoms with E-state index in [9.17, 15) is 0 Å². The molecule has 1 aromatic carbocycles. The SMILES string of the molecule is N#Cc1ccc(SCCCCBr)cc1. The third-order valence-corrected chi connectivity index (χ3v) is 3.44. The molecule has 74 valence electrons. The third-order valence-electron chi connectivity index (χ3n) is 1.78. The molecule has 0 aliphatic rings. The van der Waals surface area contributed by atoms with Gasteiger partial charge in [-0.05, 0) is 42.9 Å². The highest BCUT2D eigenvalue weighted by Crippen LogP contribution is 2.19. The Morgan fingerprint density at radius 3 is 2.50 bits per heavy atom. The second kappa shape index (κ2) is 6.92. The lowest BCUT2D eigenvalue weighted by molar-refractivity contribution is 0.913. The molecule has 0 N–H and O–H groups in total. The largest absolute Gasteiger partial charge is 0.192 e. The van der Waals surface area contributed by atoms with Gasteiger partial charge in [-0.2, -0.15) is 5.26 Å². The molecule has 1 rings (SSSR count). The van der Waals surface area contributed by atoms with Gasteiger partial charge in [-0.1, -0.05) is 15.9 Å². The number of hydrogen-bond donors (Lipinski definition) is 0. The Balaban J connectivity index is 2.33. The van der Waals surface area contributed by atoms with Crippen LogP contribution in [0.2, 0.25) is 0 Å². The highest BCUT2D eigenvalue weighted by atomic mass is 79.9. The smallest absolute Gasteiger partial charge is 0.0991 e. The first-order valence-electron chi connectivity index (χ1n) is 4.56. The van der Waals surface area contributed by atoms with E-state index in [0.29, 0.717) is 0 Å². The average Bonchev–Trinajstić information content (AvgIpc) is 2.25. The molecule has 0 atom stereocenters. The lowest BCUT2D eigenvalue weighted by Gasteiger charge is -2.00. The number of benzene rings is 1. The highest BCUT2D eigenvalue weighted by molar-refractivity contribution is 9.09. The summed E-state index contributed by atoms with van der Waals surface area (Å²) in [5.74, 6) is 1.15. The van der Waals surface area contributed by atoms with Crippen molar-refractivity contribution >= 4 is 27.7 Å². The van der Waals surface area contributed by atoms with E-state index in [1.54, 1.807) is 0 Å². The fraction of sp³-hybridized carbons (Fsp3) is 0.364. The predicted molar refractivity (Wildman–Crippen MR) is 64.9 cm³/mol. The maximum Gasteiger partial charge on any atom is 0.0991 e. The van der Waals surface area contributed by atoms with Crippen LogP contribution in [-0.2, 0) is 0 Å². The topological polar surface area (TPSA) is 23.8 Å². The van der Waals surface area contributed by atoms with Crippen molar-refractivity contribution in [2.75, 3.05) is 11.1 Å². The van der Waals surface area contributed by atoms with Crippen molar-refractivity contribution in [3.63, 3.8) is 0 Å². The molecule has 0 radical (unpaired) electrons. The van der Waals surface area contributed by atoms with E-state index >= 15 is 0 Å². The molecule has 0 heterocycles. The van der Waals surface area contributed by atoms with Gasteiger partial charge in [0.15, 0.2) is 0 Å². The molecule has 14 heavy (non-hydrogen) atoms. The summed E-state index contributed by atoms with van der Waals surface area (Å²) < 4.78 is 0. The summed E-state index contributed by atoms with van der Waals surface area (Å²) in [6.45, 7) is 0. The number of unbranched alkanes of at least 4 members (excludes halogenated alkanes) is 1. The van der Waals surface area contributed by atoms with Gasteiger partial charge < -0.3 is 0 Å². The van der Waals surface area contributed by atoms with Crippen molar-refractivity contribution in [1.82, 2.24) is 0 Å². The van der Waals surface area contributed by atoms with Crippen LogP contribution in [0.3, 0.4) is 0 Å². The lowest BCUT2D eigenvalue weighted by Crippen LogP contribution is -1.81. The van der Waals surface area contributed by atoms with Gasteiger partial charge in [0, 0.05) is 10.2 Å². The Kier molecular flexibility index (Phi) is 5.74. The summed E-state index contributed by atoms with van der Waals surface area (Å²) in [6.07, 6.45) is 2.46. The molecule has 0 fully saturated rings. The van der Waals surface area contributed by atoms with E-state index in [0.717, 1.165) is 16.6 Å². The fourth-order valence-electron chi connectivity index (χ4n) is 1.01. The molecule has 0 aliphatic heterocycles. The van der Waals surface area contributed by atoms with Gasteiger partial charge in [-0.3, -0.25) is 0 Å². The summed E-state index contributed by atoms with van der Waals surface area (Å²) in [7, 11) is 0. The van der Waals surface area contributed by atoms with Crippen LogP contribution >= 0.6 is 27.7 Å². The van der Waals surface area contributed by atoms with Gasteiger partial charge >= 0.3 is 0 Å². The van der Waals surface area contributed by atoms with Crippen molar-refractivity contribution in [2.45, 2.75) is 17.7 Å². The Morgan fingerprint density at radius 1 is 1.21 bits per heavy atom. The van der Waals surface area contributed by atoms with Crippen LogP contribution < -0.4 is 0 Å². The summed E-state index contributed by atoms with van der Waals surface area (Å²) in [6, 6.07) is 9.87. The minimum Gasteiger partial charge on any atom is -0.192 e. The zero-order valence-electron chi connectivity index (χ0n) is 7.87. The van der Waals surface area contributed by atoms with E-state index < -0.39 is 0 Å². The zero-order valence-corrected chi connectivity index (χ0v) is 10.3. The molecule has 0 saturated carbocycles. The van der Waals surface area contributed by atoms with Gasteiger partial charge in [0.05, 0.1) is 11.6 Å². The van der Waals surface area contributed by atoms with Crippen molar-refractivity contribution in [3.8, 4) is 6.07 Å². The predicted octanol–water partition coefficient (Wildman–Crippen LogP) is 3.83. The highest BCUT2D eigenvalue weighted by Gasteiger charge is 1.94. The monoisotopic (exact) mass is 269 g/mol. The molecule has 0 bridgehead atoms. The standard InChI is InChI=1S/C11H12BrNS/c12-7-1-2-8-14-11-5-3-10(9-13)4-6-11/h3-6H,1-2,7-8H2. The van der Waals surface area contributed by atoms with E-state index in [4.69, 9.17) is 5.26 Å². The minimum atomic E-state index is 0.731. The van der Waals surface area contributed by atoms with Crippen LogP contribution in [0.4, 0.5) is 0 Å². The molecular formula is C11H12BrNS. The van der Waals surface area contributed by atoms with Gasteiger partial charge in [0.1, 0.15) is 0 Å². The maximum atomic E-state index is 8.61. The Morgan fingerprint density at radius 2 is 1.93 bits per heavy atom. The normalized spacial score (nSPS) is 9.71. The van der Waals surface area contributed by atoms with E-state index in [2.05, 4.69) is 22.0 Å². The minimum absolute atomic E-state index is 0.731. The molecule has 3 heteroatoms. The van der Waals surface area contributed by atoms with Crippen molar-refractivity contribution < 1.29 is 0 Å². The number of thioether (sulfide) groups is 1. The van der Waals surface area contributed by atoms with Crippen molar-refractivity contribution in [2.24, 2.45) is 0 Å².